The summed E-state index contributed by atoms with van der Waals surface area (Å²) in [6, 6.07) is 10.6. The smallest absolute Gasteiger partial charge is 0.320 e. The topological polar surface area (TPSA) is 115 Å². The second-order valence-corrected chi connectivity index (χ2v) is 6.84. The number of fused-ring (bicyclic) bond motifs is 1. The van der Waals surface area contributed by atoms with Gasteiger partial charge in [-0.2, -0.15) is 5.10 Å². The van der Waals surface area contributed by atoms with Gasteiger partial charge in [-0.3, -0.25) is 10.4 Å². The number of ether oxygens (including phenoxy) is 1. The molecule has 1 fully saturated rings. The molecule has 152 valence electrons. The van der Waals surface area contributed by atoms with Gasteiger partial charge in [0, 0.05) is 32.0 Å². The molecule has 1 aliphatic heterocycles. The van der Waals surface area contributed by atoms with Crippen molar-refractivity contribution < 1.29 is 14.6 Å². The first-order valence-corrected chi connectivity index (χ1v) is 9.65. The highest BCUT2D eigenvalue weighted by Crippen LogP contribution is 2.25. The number of hydrogen-bond acceptors (Lipinski definition) is 6. The number of nitrogens with zero attached hydrogens (tertiary/aromatic N) is 3. The van der Waals surface area contributed by atoms with Crippen LogP contribution in [0.5, 0.6) is 0 Å². The molecule has 0 radical (unpaired) electrons. The zero-order chi connectivity index (χ0) is 20.1. The van der Waals surface area contributed by atoms with E-state index in [4.69, 9.17) is 4.74 Å². The van der Waals surface area contributed by atoms with Crippen LogP contribution in [0.3, 0.4) is 0 Å². The van der Waals surface area contributed by atoms with E-state index >= 15 is 0 Å². The van der Waals surface area contributed by atoms with Crippen molar-refractivity contribution in [1.29, 1.82) is 0 Å². The highest BCUT2D eigenvalue weighted by Gasteiger charge is 2.18. The number of aromatic amines is 1. The number of nitrogens with one attached hydrogen (secondary N) is 3. The number of carbonyl (C=O) groups excluding carboxylic acids is 1. The van der Waals surface area contributed by atoms with Crippen molar-refractivity contribution in [2.45, 2.75) is 12.5 Å². The van der Waals surface area contributed by atoms with Crippen molar-refractivity contribution in [3.8, 4) is 0 Å². The van der Waals surface area contributed by atoms with Gasteiger partial charge in [0.05, 0.1) is 30.2 Å². The van der Waals surface area contributed by atoms with E-state index in [0.717, 1.165) is 35.4 Å². The average molecular weight is 396 g/mol. The van der Waals surface area contributed by atoms with Gasteiger partial charge in [-0.1, -0.05) is 30.3 Å². The molecule has 0 aliphatic carbocycles. The molecule has 0 saturated carbocycles. The van der Waals surface area contributed by atoms with Gasteiger partial charge in [0.2, 0.25) is 0 Å². The molecular formula is C20H24N6O3. The van der Waals surface area contributed by atoms with Crippen LogP contribution in [-0.4, -0.2) is 59.2 Å². The number of anilines is 2. The molecule has 1 saturated heterocycles. The molecule has 1 aliphatic rings. The monoisotopic (exact) mass is 396 g/mol. The Labute approximate surface area is 168 Å². The first kappa shape index (κ1) is 19.2. The molecule has 0 bridgehead atoms. The van der Waals surface area contributed by atoms with Crippen molar-refractivity contribution in [2.24, 2.45) is 0 Å². The SMILES string of the molecule is O=C(Nc1cc2[nH]nc(N3CCOCC3)c2cn1)N[C@H](CCO)c1ccccc1. The van der Waals surface area contributed by atoms with E-state index in [1.54, 1.807) is 12.3 Å². The summed E-state index contributed by atoms with van der Waals surface area (Å²) in [7, 11) is 0. The maximum absolute atomic E-state index is 12.5. The minimum Gasteiger partial charge on any atom is -0.396 e. The van der Waals surface area contributed by atoms with Crippen molar-refractivity contribution in [1.82, 2.24) is 20.5 Å². The number of H-pyrrole nitrogens is 1. The summed E-state index contributed by atoms with van der Waals surface area (Å²) >= 11 is 0. The number of morpholine rings is 1. The zero-order valence-corrected chi connectivity index (χ0v) is 16.0. The molecule has 0 spiro atoms. The Morgan fingerprint density at radius 2 is 2.07 bits per heavy atom. The van der Waals surface area contributed by atoms with E-state index in [2.05, 4.69) is 30.7 Å². The van der Waals surface area contributed by atoms with Crippen molar-refractivity contribution in [3.63, 3.8) is 0 Å². The number of hydrogen-bond donors (Lipinski definition) is 4. The van der Waals surface area contributed by atoms with Gasteiger partial charge in [0.15, 0.2) is 5.82 Å². The van der Waals surface area contributed by atoms with E-state index < -0.39 is 0 Å². The number of aliphatic hydroxyl groups excluding tert-OH is 1. The molecule has 2 amide bonds. The summed E-state index contributed by atoms with van der Waals surface area (Å²) in [5.74, 6) is 1.27. The van der Waals surface area contributed by atoms with Crippen LogP contribution in [0.4, 0.5) is 16.4 Å². The van der Waals surface area contributed by atoms with Crippen LogP contribution < -0.4 is 15.5 Å². The van der Waals surface area contributed by atoms with E-state index in [1.165, 1.54) is 0 Å². The van der Waals surface area contributed by atoms with Gasteiger partial charge in [-0.25, -0.2) is 9.78 Å². The predicted molar refractivity (Wildman–Crippen MR) is 110 cm³/mol. The number of rotatable bonds is 6. The summed E-state index contributed by atoms with van der Waals surface area (Å²) in [6.45, 7) is 2.90. The second-order valence-electron chi connectivity index (χ2n) is 6.84. The van der Waals surface area contributed by atoms with Crippen LogP contribution in [0.2, 0.25) is 0 Å². The number of pyridine rings is 1. The van der Waals surface area contributed by atoms with Crippen molar-refractivity contribution >= 4 is 28.6 Å². The third-order valence-corrected chi connectivity index (χ3v) is 4.90. The molecule has 2 aromatic heterocycles. The fraction of sp³-hybridized carbons (Fsp3) is 0.350. The second kappa shape index (κ2) is 8.89. The Morgan fingerprint density at radius 3 is 2.83 bits per heavy atom. The minimum absolute atomic E-state index is 0.0253. The Kier molecular flexibility index (Phi) is 5.87. The summed E-state index contributed by atoms with van der Waals surface area (Å²) in [6.07, 6.45) is 2.13. The van der Waals surface area contributed by atoms with Crippen LogP contribution in [0, 0.1) is 0 Å². The van der Waals surface area contributed by atoms with Gasteiger partial charge in [-0.05, 0) is 12.0 Å². The van der Waals surface area contributed by atoms with Gasteiger partial charge < -0.3 is 20.1 Å². The fourth-order valence-corrected chi connectivity index (χ4v) is 3.43. The average Bonchev–Trinajstić information content (AvgIpc) is 3.18. The first-order chi connectivity index (χ1) is 14.2. The number of urea groups is 1. The molecular weight excluding hydrogens is 372 g/mol. The van der Waals surface area contributed by atoms with E-state index in [0.29, 0.717) is 25.5 Å². The highest BCUT2D eigenvalue weighted by molar-refractivity contribution is 5.94. The van der Waals surface area contributed by atoms with Crippen LogP contribution >= 0.6 is 0 Å². The molecule has 29 heavy (non-hydrogen) atoms. The molecule has 9 heteroatoms. The number of amides is 2. The summed E-state index contributed by atoms with van der Waals surface area (Å²) in [5.41, 5.74) is 1.73. The first-order valence-electron chi connectivity index (χ1n) is 9.65. The fourth-order valence-electron chi connectivity index (χ4n) is 3.43. The standard InChI is InChI=1S/C20H24N6O3/c27-9-6-16(14-4-2-1-3-5-14)22-20(28)23-18-12-17-15(13-21-18)19(25-24-17)26-7-10-29-11-8-26/h1-5,12-13,16,27H,6-11H2,(H,24,25)(H2,21,22,23,28)/t16-/m1/s1. The number of carbonyl (C=O) groups is 1. The van der Waals surface area contributed by atoms with Crippen LogP contribution in [0.25, 0.3) is 10.9 Å². The quantitative estimate of drug-likeness (QED) is 0.507. The van der Waals surface area contributed by atoms with Gasteiger partial charge in [-0.15, -0.1) is 0 Å². The summed E-state index contributed by atoms with van der Waals surface area (Å²) < 4.78 is 5.39. The van der Waals surface area contributed by atoms with Gasteiger partial charge in [0.1, 0.15) is 5.82 Å². The molecule has 4 N–H and O–H groups in total. The summed E-state index contributed by atoms with van der Waals surface area (Å²) in [5, 5.41) is 23.3. The molecule has 4 rings (SSSR count). The van der Waals surface area contributed by atoms with E-state index in [9.17, 15) is 9.90 Å². The normalized spacial score (nSPS) is 15.3. The Bertz CT molecular complexity index is 955. The number of benzene rings is 1. The molecule has 0 unspecified atom stereocenters. The minimum atomic E-state index is -0.382. The number of aromatic nitrogens is 3. The lowest BCUT2D eigenvalue weighted by Gasteiger charge is -2.26. The lowest BCUT2D eigenvalue weighted by molar-refractivity contribution is 0.122. The Balaban J connectivity index is 1.45. The third kappa shape index (κ3) is 4.47. The zero-order valence-electron chi connectivity index (χ0n) is 16.0. The van der Waals surface area contributed by atoms with Gasteiger partial charge >= 0.3 is 6.03 Å². The maximum atomic E-state index is 12.5. The molecule has 9 nitrogen and oxygen atoms in total. The van der Waals surface area contributed by atoms with Crippen LogP contribution in [0.1, 0.15) is 18.0 Å². The van der Waals surface area contributed by atoms with Crippen molar-refractivity contribution in [3.05, 3.63) is 48.2 Å². The van der Waals surface area contributed by atoms with Gasteiger partial charge in [0.25, 0.3) is 0 Å². The van der Waals surface area contributed by atoms with E-state index in [1.807, 2.05) is 30.3 Å². The van der Waals surface area contributed by atoms with Crippen LogP contribution in [-0.2, 0) is 4.74 Å². The highest BCUT2D eigenvalue weighted by atomic mass is 16.5. The lowest BCUT2D eigenvalue weighted by Crippen LogP contribution is -2.36. The molecule has 1 atom stereocenters. The lowest BCUT2D eigenvalue weighted by atomic mass is 10.0. The molecule has 3 heterocycles. The van der Waals surface area contributed by atoms with Crippen molar-refractivity contribution in [2.75, 3.05) is 43.1 Å². The maximum Gasteiger partial charge on any atom is 0.320 e. The molecule has 1 aromatic carbocycles. The van der Waals surface area contributed by atoms with Crippen LogP contribution in [0.15, 0.2) is 42.6 Å². The Hall–Kier alpha value is -3.17. The third-order valence-electron chi connectivity index (χ3n) is 4.90. The Morgan fingerprint density at radius 1 is 1.28 bits per heavy atom. The number of aliphatic hydroxyl groups is 1. The molecule has 3 aromatic rings. The summed E-state index contributed by atoms with van der Waals surface area (Å²) in [4.78, 5) is 19.0. The van der Waals surface area contributed by atoms with E-state index in [-0.39, 0.29) is 18.7 Å². The predicted octanol–water partition coefficient (Wildman–Crippen LogP) is 2.04. The largest absolute Gasteiger partial charge is 0.396 e.